The first-order valence-corrected chi connectivity index (χ1v) is 10.4. The third kappa shape index (κ3) is 2.79. The van der Waals surface area contributed by atoms with Crippen molar-refractivity contribution in [2.24, 2.45) is 0 Å². The van der Waals surface area contributed by atoms with Crippen LogP contribution in [0, 0.1) is 13.8 Å². The molecular weight excluding hydrogens is 442 g/mol. The Labute approximate surface area is 173 Å². The van der Waals surface area contributed by atoms with Gasteiger partial charge in [-0.3, -0.25) is 9.20 Å². The zero-order valence-electron chi connectivity index (χ0n) is 15.8. The van der Waals surface area contributed by atoms with Crippen LogP contribution in [-0.4, -0.2) is 27.9 Å². The van der Waals surface area contributed by atoms with Crippen LogP contribution in [0.2, 0.25) is 0 Å². The van der Waals surface area contributed by atoms with Gasteiger partial charge in [0, 0.05) is 21.7 Å². The van der Waals surface area contributed by atoms with Gasteiger partial charge < -0.3 is 10.1 Å². The summed E-state index contributed by atoms with van der Waals surface area (Å²) in [5.74, 6) is 0.202. The number of aromatic nitrogens is 2. The maximum Gasteiger partial charge on any atom is 0.341 e. The van der Waals surface area contributed by atoms with Gasteiger partial charge in [-0.1, -0.05) is 15.9 Å². The van der Waals surface area contributed by atoms with Crippen molar-refractivity contribution in [2.45, 2.75) is 27.7 Å². The van der Waals surface area contributed by atoms with Crippen molar-refractivity contribution < 1.29 is 14.3 Å². The van der Waals surface area contributed by atoms with E-state index in [4.69, 9.17) is 9.72 Å². The molecule has 0 fully saturated rings. The molecule has 0 saturated heterocycles. The molecule has 0 bridgehead atoms. The molecule has 28 heavy (non-hydrogen) atoms. The molecule has 0 atom stereocenters. The molecule has 6 nitrogen and oxygen atoms in total. The van der Waals surface area contributed by atoms with Gasteiger partial charge in [0.05, 0.1) is 33.6 Å². The fourth-order valence-electron chi connectivity index (χ4n) is 3.57. The molecule has 144 valence electrons. The Balaban J connectivity index is 2.21. The molecule has 3 heterocycles. The van der Waals surface area contributed by atoms with Gasteiger partial charge in [0.2, 0.25) is 5.91 Å². The normalized spacial score (nSPS) is 11.5. The molecule has 0 aliphatic carbocycles. The van der Waals surface area contributed by atoms with Gasteiger partial charge in [0.15, 0.2) is 0 Å². The number of hydrogen-bond acceptors (Lipinski definition) is 5. The molecule has 1 amide bonds. The lowest BCUT2D eigenvalue weighted by atomic mass is 10.2. The van der Waals surface area contributed by atoms with E-state index in [1.54, 1.807) is 6.92 Å². The molecule has 1 aromatic carbocycles. The van der Waals surface area contributed by atoms with Gasteiger partial charge in [-0.2, -0.15) is 0 Å². The van der Waals surface area contributed by atoms with Gasteiger partial charge in [-0.05, 0) is 39.0 Å². The molecule has 0 saturated carbocycles. The molecule has 0 unspecified atom stereocenters. The highest BCUT2D eigenvalue weighted by Gasteiger charge is 2.25. The van der Waals surface area contributed by atoms with Crippen LogP contribution in [0.4, 0.5) is 5.69 Å². The number of amides is 1. The molecule has 0 aliphatic rings. The number of thiophene rings is 1. The summed E-state index contributed by atoms with van der Waals surface area (Å²) in [6.07, 6.45) is 0. The molecule has 0 radical (unpaired) electrons. The zero-order chi connectivity index (χ0) is 20.2. The van der Waals surface area contributed by atoms with Crippen LogP contribution in [0.3, 0.4) is 0 Å². The monoisotopic (exact) mass is 459 g/mol. The van der Waals surface area contributed by atoms with Gasteiger partial charge in [0.25, 0.3) is 0 Å². The van der Waals surface area contributed by atoms with Crippen molar-refractivity contribution in [2.75, 3.05) is 11.9 Å². The molecule has 3 aromatic heterocycles. The second-order valence-corrected chi connectivity index (χ2v) is 8.63. The fourth-order valence-corrected chi connectivity index (χ4v) is 5.06. The number of ether oxygens (including phenoxy) is 1. The minimum Gasteiger partial charge on any atom is -0.462 e. The summed E-state index contributed by atoms with van der Waals surface area (Å²) in [7, 11) is 0. The van der Waals surface area contributed by atoms with E-state index in [1.165, 1.54) is 18.3 Å². The van der Waals surface area contributed by atoms with Crippen molar-refractivity contribution >= 4 is 71.5 Å². The first-order valence-electron chi connectivity index (χ1n) is 8.81. The fraction of sp³-hybridized carbons (Fsp3) is 0.250. The van der Waals surface area contributed by atoms with E-state index in [9.17, 15) is 9.59 Å². The minimum absolute atomic E-state index is 0.157. The molecule has 4 aromatic rings. The summed E-state index contributed by atoms with van der Waals surface area (Å²) < 4.78 is 9.03. The molecule has 4 rings (SSSR count). The Kier molecular flexibility index (Phi) is 4.63. The van der Waals surface area contributed by atoms with Crippen LogP contribution in [0.5, 0.6) is 0 Å². The summed E-state index contributed by atoms with van der Waals surface area (Å²) in [4.78, 5) is 30.1. The third-order valence-corrected chi connectivity index (χ3v) is 6.18. The topological polar surface area (TPSA) is 72.7 Å². The largest absolute Gasteiger partial charge is 0.462 e. The van der Waals surface area contributed by atoms with Crippen molar-refractivity contribution in [1.29, 1.82) is 0 Å². The standard InChI is InChI=1S/C20H18BrN3O3S/c1-5-27-20(26)15-9(2)28-19-17(15)22-10(3)24-14-7-6-12(21)8-13(14)16(18(19)24)23-11(4)25/h6-8H,5H2,1-4H3,(H,23,25). The van der Waals surface area contributed by atoms with Crippen LogP contribution in [0.1, 0.15) is 34.9 Å². The Morgan fingerprint density at radius 3 is 2.75 bits per heavy atom. The number of nitrogens with one attached hydrogen (secondary N) is 1. The quantitative estimate of drug-likeness (QED) is 0.426. The highest BCUT2D eigenvalue weighted by atomic mass is 79.9. The Morgan fingerprint density at radius 2 is 2.07 bits per heavy atom. The summed E-state index contributed by atoms with van der Waals surface area (Å²) in [6, 6.07) is 5.93. The number of benzene rings is 1. The van der Waals surface area contributed by atoms with E-state index in [-0.39, 0.29) is 11.9 Å². The lowest BCUT2D eigenvalue weighted by molar-refractivity contribution is -0.114. The maximum absolute atomic E-state index is 12.5. The second-order valence-electron chi connectivity index (χ2n) is 6.49. The third-order valence-electron chi connectivity index (χ3n) is 4.58. The first-order chi connectivity index (χ1) is 13.3. The lowest BCUT2D eigenvalue weighted by Gasteiger charge is -2.06. The summed E-state index contributed by atoms with van der Waals surface area (Å²) in [5, 5.41) is 3.89. The summed E-state index contributed by atoms with van der Waals surface area (Å²) >= 11 is 5.00. The number of nitrogens with zero attached hydrogens (tertiary/aromatic N) is 2. The predicted molar refractivity (Wildman–Crippen MR) is 116 cm³/mol. The summed E-state index contributed by atoms with van der Waals surface area (Å²) in [6.45, 7) is 7.36. The number of fused-ring (bicyclic) bond motifs is 5. The van der Waals surface area contributed by atoms with E-state index >= 15 is 0 Å². The van der Waals surface area contributed by atoms with Crippen molar-refractivity contribution in [3.63, 3.8) is 0 Å². The SMILES string of the molecule is CCOC(=O)c1c(C)sc2c1nc(C)n1c3ccc(Br)cc3c(NC(C)=O)c21. The van der Waals surface area contributed by atoms with Gasteiger partial charge in [0.1, 0.15) is 11.3 Å². The number of esters is 1. The average molecular weight is 460 g/mol. The number of rotatable bonds is 3. The lowest BCUT2D eigenvalue weighted by Crippen LogP contribution is -2.07. The van der Waals surface area contributed by atoms with Crippen LogP contribution in [-0.2, 0) is 9.53 Å². The molecule has 8 heteroatoms. The van der Waals surface area contributed by atoms with Gasteiger partial charge in [-0.25, -0.2) is 9.78 Å². The van der Waals surface area contributed by atoms with E-state index in [0.717, 1.165) is 42.0 Å². The minimum atomic E-state index is -0.373. The summed E-state index contributed by atoms with van der Waals surface area (Å²) in [5.41, 5.74) is 3.61. The van der Waals surface area contributed by atoms with Gasteiger partial charge >= 0.3 is 5.97 Å². The predicted octanol–water partition coefficient (Wildman–Crippen LogP) is 5.22. The van der Waals surface area contributed by atoms with Crippen LogP contribution < -0.4 is 5.32 Å². The number of anilines is 1. The van der Waals surface area contributed by atoms with Crippen molar-refractivity contribution in [1.82, 2.24) is 9.38 Å². The Morgan fingerprint density at radius 1 is 1.32 bits per heavy atom. The average Bonchev–Trinajstić information content (AvgIpc) is 3.10. The highest BCUT2D eigenvalue weighted by molar-refractivity contribution is 9.10. The second kappa shape index (κ2) is 6.86. The van der Waals surface area contributed by atoms with Crippen LogP contribution in [0.15, 0.2) is 22.7 Å². The smallest absolute Gasteiger partial charge is 0.341 e. The van der Waals surface area contributed by atoms with Gasteiger partial charge in [-0.15, -0.1) is 11.3 Å². The number of halogens is 1. The van der Waals surface area contributed by atoms with E-state index in [1.807, 2.05) is 36.4 Å². The molecule has 0 aliphatic heterocycles. The van der Waals surface area contributed by atoms with Crippen LogP contribution in [0.25, 0.3) is 26.6 Å². The van der Waals surface area contributed by atoms with E-state index in [2.05, 4.69) is 21.2 Å². The maximum atomic E-state index is 12.5. The van der Waals surface area contributed by atoms with Crippen LogP contribution >= 0.6 is 27.3 Å². The first kappa shape index (κ1) is 18.9. The Bertz CT molecular complexity index is 1290. The number of carbonyl (C=O) groups excluding carboxylic acids is 2. The highest BCUT2D eigenvalue weighted by Crippen LogP contribution is 2.42. The van der Waals surface area contributed by atoms with Crippen molar-refractivity contribution in [3.05, 3.63) is 38.9 Å². The zero-order valence-corrected chi connectivity index (χ0v) is 18.2. The number of carbonyl (C=O) groups is 2. The van der Waals surface area contributed by atoms with Crippen molar-refractivity contribution in [3.8, 4) is 0 Å². The molecule has 0 spiro atoms. The van der Waals surface area contributed by atoms with E-state index in [0.29, 0.717) is 17.7 Å². The molecule has 1 N–H and O–H groups in total. The number of aryl methyl sites for hydroxylation is 2. The van der Waals surface area contributed by atoms with E-state index < -0.39 is 0 Å². The number of hydrogen-bond donors (Lipinski definition) is 1. The Hall–Kier alpha value is -2.45. The molecular formula is C20H18BrN3O3S.